The van der Waals surface area contributed by atoms with E-state index in [9.17, 15) is 18.0 Å². The zero-order valence-corrected chi connectivity index (χ0v) is 13.4. The van der Waals surface area contributed by atoms with Crippen molar-refractivity contribution in [2.75, 3.05) is 39.8 Å². The lowest BCUT2D eigenvalue weighted by Crippen LogP contribution is -2.49. The molecule has 23 heavy (non-hydrogen) atoms. The SMILES string of the molecule is CC(c1ccc(C(F)(F)F)cc1)N(C)CC(=O)N1CCNCC1. The van der Waals surface area contributed by atoms with Crippen molar-refractivity contribution in [3.05, 3.63) is 35.4 Å². The van der Waals surface area contributed by atoms with Crippen molar-refractivity contribution >= 4 is 5.91 Å². The number of hydrogen-bond acceptors (Lipinski definition) is 3. The van der Waals surface area contributed by atoms with E-state index < -0.39 is 11.7 Å². The number of nitrogens with one attached hydrogen (secondary N) is 1. The Kier molecular flexibility index (Phi) is 5.64. The van der Waals surface area contributed by atoms with Gasteiger partial charge in [-0.15, -0.1) is 0 Å². The Morgan fingerprint density at radius 3 is 2.35 bits per heavy atom. The maximum Gasteiger partial charge on any atom is 0.416 e. The van der Waals surface area contributed by atoms with Crippen LogP contribution in [0.5, 0.6) is 0 Å². The largest absolute Gasteiger partial charge is 0.416 e. The number of alkyl halides is 3. The zero-order chi connectivity index (χ0) is 17.0. The Morgan fingerprint density at radius 1 is 1.26 bits per heavy atom. The number of nitrogens with zero attached hydrogens (tertiary/aromatic N) is 2. The Labute approximate surface area is 134 Å². The van der Waals surface area contributed by atoms with Crippen molar-refractivity contribution in [3.8, 4) is 0 Å². The van der Waals surface area contributed by atoms with Crippen molar-refractivity contribution in [1.29, 1.82) is 0 Å². The second kappa shape index (κ2) is 7.31. The molecule has 0 aliphatic carbocycles. The fourth-order valence-electron chi connectivity index (χ4n) is 2.57. The minimum atomic E-state index is -4.33. The Hall–Kier alpha value is -1.60. The van der Waals surface area contributed by atoms with Gasteiger partial charge in [-0.25, -0.2) is 0 Å². The van der Waals surface area contributed by atoms with Crippen LogP contribution in [-0.4, -0.2) is 55.5 Å². The highest BCUT2D eigenvalue weighted by Crippen LogP contribution is 2.30. The predicted octanol–water partition coefficient (Wildman–Crippen LogP) is 2.13. The summed E-state index contributed by atoms with van der Waals surface area (Å²) < 4.78 is 37.8. The lowest BCUT2D eigenvalue weighted by molar-refractivity contribution is -0.137. The van der Waals surface area contributed by atoms with Crippen molar-refractivity contribution in [3.63, 3.8) is 0 Å². The minimum absolute atomic E-state index is 0.0489. The van der Waals surface area contributed by atoms with Crippen LogP contribution in [-0.2, 0) is 11.0 Å². The molecule has 128 valence electrons. The molecule has 0 saturated carbocycles. The van der Waals surface area contributed by atoms with Gasteiger partial charge in [0.1, 0.15) is 0 Å². The summed E-state index contributed by atoms with van der Waals surface area (Å²) in [5.74, 6) is 0.0489. The first kappa shape index (κ1) is 17.7. The van der Waals surface area contributed by atoms with E-state index in [0.717, 1.165) is 30.8 Å². The lowest BCUT2D eigenvalue weighted by atomic mass is 10.0. The number of carbonyl (C=O) groups excluding carboxylic acids is 1. The molecule has 1 saturated heterocycles. The van der Waals surface area contributed by atoms with Gasteiger partial charge in [0.2, 0.25) is 5.91 Å². The average Bonchev–Trinajstić information content (AvgIpc) is 2.54. The summed E-state index contributed by atoms with van der Waals surface area (Å²) in [4.78, 5) is 15.9. The molecule has 1 aromatic carbocycles. The van der Waals surface area contributed by atoms with Gasteiger partial charge in [-0.05, 0) is 31.7 Å². The Bertz CT molecular complexity index is 524. The van der Waals surface area contributed by atoms with Crippen molar-refractivity contribution < 1.29 is 18.0 Å². The molecule has 2 rings (SSSR count). The fraction of sp³-hybridized carbons (Fsp3) is 0.562. The molecule has 1 unspecified atom stereocenters. The molecule has 1 aliphatic rings. The van der Waals surface area contributed by atoms with Crippen molar-refractivity contribution in [2.24, 2.45) is 0 Å². The summed E-state index contributed by atoms with van der Waals surface area (Å²) in [6, 6.07) is 4.97. The maximum absolute atomic E-state index is 12.6. The number of piperazine rings is 1. The van der Waals surface area contributed by atoms with Gasteiger partial charge in [-0.3, -0.25) is 9.69 Å². The van der Waals surface area contributed by atoms with E-state index in [4.69, 9.17) is 0 Å². The summed E-state index contributed by atoms with van der Waals surface area (Å²) in [6.45, 7) is 5.12. The zero-order valence-electron chi connectivity index (χ0n) is 13.4. The lowest BCUT2D eigenvalue weighted by Gasteiger charge is -2.31. The average molecular weight is 329 g/mol. The summed E-state index contributed by atoms with van der Waals surface area (Å²) >= 11 is 0. The second-order valence-electron chi connectivity index (χ2n) is 5.84. The number of carbonyl (C=O) groups is 1. The van der Waals surface area contributed by atoms with Gasteiger partial charge in [0, 0.05) is 32.2 Å². The topological polar surface area (TPSA) is 35.6 Å². The van der Waals surface area contributed by atoms with Gasteiger partial charge in [0.05, 0.1) is 12.1 Å². The molecule has 0 bridgehead atoms. The van der Waals surface area contributed by atoms with Crippen molar-refractivity contribution in [2.45, 2.75) is 19.1 Å². The first-order chi connectivity index (χ1) is 10.8. The van der Waals surface area contributed by atoms with Crippen molar-refractivity contribution in [1.82, 2.24) is 15.1 Å². The summed E-state index contributed by atoms with van der Waals surface area (Å²) in [7, 11) is 1.81. The van der Waals surface area contributed by atoms with Crippen LogP contribution in [0.1, 0.15) is 24.1 Å². The van der Waals surface area contributed by atoms with E-state index in [0.29, 0.717) is 13.1 Å². The fourth-order valence-corrected chi connectivity index (χ4v) is 2.57. The highest BCUT2D eigenvalue weighted by Gasteiger charge is 2.30. The standard InChI is InChI=1S/C16H22F3N3O/c1-12(13-3-5-14(6-4-13)16(17,18)19)21(2)11-15(23)22-9-7-20-8-10-22/h3-6,12,20H,7-11H2,1-2H3. The molecule has 1 N–H and O–H groups in total. The molecule has 0 spiro atoms. The van der Waals surface area contributed by atoms with Crippen LogP contribution in [0.25, 0.3) is 0 Å². The molecular formula is C16H22F3N3O. The number of halogens is 3. The first-order valence-corrected chi connectivity index (χ1v) is 7.65. The molecule has 4 nitrogen and oxygen atoms in total. The number of rotatable bonds is 4. The molecule has 7 heteroatoms. The Balaban J connectivity index is 1.96. The van der Waals surface area contributed by atoms with Gasteiger partial charge in [0.15, 0.2) is 0 Å². The van der Waals surface area contributed by atoms with Gasteiger partial charge in [0.25, 0.3) is 0 Å². The van der Waals surface area contributed by atoms with E-state index in [1.165, 1.54) is 12.1 Å². The number of benzene rings is 1. The normalized spacial score (nSPS) is 17.4. The molecule has 0 aromatic heterocycles. The van der Waals surface area contributed by atoms with E-state index >= 15 is 0 Å². The van der Waals surface area contributed by atoms with Crippen LogP contribution < -0.4 is 5.32 Å². The van der Waals surface area contributed by atoms with Crippen LogP contribution in [0.3, 0.4) is 0 Å². The molecule has 1 amide bonds. The van der Waals surface area contributed by atoms with Crippen LogP contribution in [0, 0.1) is 0 Å². The molecule has 0 radical (unpaired) electrons. The van der Waals surface area contributed by atoms with E-state index in [1.807, 2.05) is 23.8 Å². The summed E-state index contributed by atoms with van der Waals surface area (Å²) in [5.41, 5.74) is 0.0987. The Morgan fingerprint density at radius 2 is 1.83 bits per heavy atom. The third kappa shape index (κ3) is 4.68. The van der Waals surface area contributed by atoms with Gasteiger partial charge >= 0.3 is 6.18 Å². The summed E-state index contributed by atoms with van der Waals surface area (Å²) in [5, 5.41) is 3.19. The third-order valence-corrected chi connectivity index (χ3v) is 4.24. The van der Waals surface area contributed by atoms with Gasteiger partial charge < -0.3 is 10.2 Å². The molecule has 1 heterocycles. The molecule has 1 aromatic rings. The molecule has 1 aliphatic heterocycles. The number of amides is 1. The quantitative estimate of drug-likeness (QED) is 0.919. The smallest absolute Gasteiger partial charge is 0.339 e. The van der Waals surface area contributed by atoms with Crippen LogP contribution in [0.2, 0.25) is 0 Å². The number of hydrogen-bond donors (Lipinski definition) is 1. The van der Waals surface area contributed by atoms with Gasteiger partial charge in [-0.2, -0.15) is 13.2 Å². The van der Waals surface area contributed by atoms with E-state index in [2.05, 4.69) is 5.32 Å². The molecule has 1 atom stereocenters. The number of likely N-dealkylation sites (N-methyl/N-ethyl adjacent to an activating group) is 1. The first-order valence-electron chi connectivity index (χ1n) is 7.65. The monoisotopic (exact) mass is 329 g/mol. The molecular weight excluding hydrogens is 307 g/mol. The highest BCUT2D eigenvalue weighted by atomic mass is 19.4. The minimum Gasteiger partial charge on any atom is -0.339 e. The van der Waals surface area contributed by atoms with Crippen LogP contribution >= 0.6 is 0 Å². The van der Waals surface area contributed by atoms with Gasteiger partial charge in [-0.1, -0.05) is 12.1 Å². The predicted molar refractivity (Wildman–Crippen MR) is 81.9 cm³/mol. The van der Waals surface area contributed by atoms with E-state index in [-0.39, 0.29) is 18.5 Å². The highest BCUT2D eigenvalue weighted by molar-refractivity contribution is 5.78. The molecule has 1 fully saturated rings. The summed E-state index contributed by atoms with van der Waals surface area (Å²) in [6.07, 6.45) is -4.33. The second-order valence-corrected chi connectivity index (χ2v) is 5.84. The van der Waals surface area contributed by atoms with Crippen LogP contribution in [0.15, 0.2) is 24.3 Å². The van der Waals surface area contributed by atoms with Crippen LogP contribution in [0.4, 0.5) is 13.2 Å². The van der Waals surface area contributed by atoms with E-state index in [1.54, 1.807) is 0 Å². The third-order valence-electron chi connectivity index (χ3n) is 4.24. The maximum atomic E-state index is 12.6.